The third-order valence-electron chi connectivity index (χ3n) is 3.54. The fourth-order valence-corrected chi connectivity index (χ4v) is 2.61. The molecule has 1 saturated heterocycles. The Hall–Kier alpha value is -1.43. The maximum Gasteiger partial charge on any atom is 0.418 e. The van der Waals surface area contributed by atoms with Crippen LogP contribution in [0.5, 0.6) is 0 Å². The minimum atomic E-state index is -4.55. The van der Waals surface area contributed by atoms with Gasteiger partial charge in [0.05, 0.1) is 5.56 Å². The van der Waals surface area contributed by atoms with Crippen molar-refractivity contribution in [2.75, 3.05) is 13.1 Å². The molecule has 1 aliphatic rings. The molecule has 6 heteroatoms. The lowest BCUT2D eigenvalue weighted by atomic mass is 10.00. The second-order valence-electron chi connectivity index (χ2n) is 5.37. The minimum absolute atomic E-state index is 0.148. The number of halogens is 3. The van der Waals surface area contributed by atoms with Gasteiger partial charge in [-0.05, 0) is 36.9 Å². The fourth-order valence-electron chi connectivity index (χ4n) is 2.61. The van der Waals surface area contributed by atoms with Crippen molar-refractivity contribution in [1.29, 1.82) is 0 Å². The molecule has 124 valence electrons. The van der Waals surface area contributed by atoms with Crippen LogP contribution in [0, 0.1) is 5.92 Å². The Morgan fingerprint density at radius 3 is 2.64 bits per heavy atom. The standard InChI is InChI=1S/C14H17F3N2O.C2H6/c1-10-3-2-4-19(7-10)8-11-5-12(14(15,16)17)13(9-20)18-6-11;1-2/h5-6,9-10H,2-4,7-8H2,1H3;1-2H3/t10-;/m0./s1. The Kier molecular flexibility index (Phi) is 7.00. The van der Waals surface area contributed by atoms with Crippen LogP contribution in [0.2, 0.25) is 0 Å². The van der Waals surface area contributed by atoms with Gasteiger partial charge in [-0.15, -0.1) is 0 Å². The van der Waals surface area contributed by atoms with Crippen molar-refractivity contribution in [1.82, 2.24) is 9.88 Å². The predicted octanol–water partition coefficient (Wildman–Crippen LogP) is 4.17. The average Bonchev–Trinajstić information content (AvgIpc) is 2.48. The van der Waals surface area contributed by atoms with E-state index in [0.29, 0.717) is 18.0 Å². The van der Waals surface area contributed by atoms with Crippen LogP contribution in [0.15, 0.2) is 12.3 Å². The lowest BCUT2D eigenvalue weighted by molar-refractivity contribution is -0.138. The van der Waals surface area contributed by atoms with Gasteiger partial charge in [0.1, 0.15) is 5.69 Å². The van der Waals surface area contributed by atoms with Crippen LogP contribution in [0.1, 0.15) is 55.2 Å². The molecule has 0 aliphatic carbocycles. The Labute approximate surface area is 129 Å². The van der Waals surface area contributed by atoms with E-state index in [4.69, 9.17) is 0 Å². The lowest BCUT2D eigenvalue weighted by Gasteiger charge is -2.30. The molecule has 0 N–H and O–H groups in total. The van der Waals surface area contributed by atoms with E-state index in [2.05, 4.69) is 16.8 Å². The quantitative estimate of drug-likeness (QED) is 0.785. The highest BCUT2D eigenvalue weighted by molar-refractivity contribution is 5.74. The van der Waals surface area contributed by atoms with Crippen LogP contribution >= 0.6 is 0 Å². The topological polar surface area (TPSA) is 33.2 Å². The maximum absolute atomic E-state index is 12.8. The summed E-state index contributed by atoms with van der Waals surface area (Å²) in [6.45, 7) is 8.36. The maximum atomic E-state index is 12.8. The van der Waals surface area contributed by atoms with Crippen molar-refractivity contribution in [2.24, 2.45) is 5.92 Å². The van der Waals surface area contributed by atoms with Crippen LogP contribution in [-0.4, -0.2) is 29.3 Å². The summed E-state index contributed by atoms with van der Waals surface area (Å²) in [4.78, 5) is 16.4. The highest BCUT2D eigenvalue weighted by Gasteiger charge is 2.34. The third-order valence-corrected chi connectivity index (χ3v) is 3.54. The number of rotatable bonds is 3. The molecule has 2 rings (SSSR count). The highest BCUT2D eigenvalue weighted by atomic mass is 19.4. The number of pyridine rings is 1. The summed E-state index contributed by atoms with van der Waals surface area (Å²) in [5.74, 6) is 0.563. The van der Waals surface area contributed by atoms with Gasteiger partial charge in [0.2, 0.25) is 0 Å². The fraction of sp³-hybridized carbons (Fsp3) is 0.625. The molecule has 2 heterocycles. The molecule has 1 atom stereocenters. The second kappa shape index (κ2) is 8.27. The minimum Gasteiger partial charge on any atom is -0.299 e. The van der Waals surface area contributed by atoms with Crippen molar-refractivity contribution in [2.45, 2.75) is 46.3 Å². The van der Waals surface area contributed by atoms with E-state index in [0.717, 1.165) is 32.0 Å². The van der Waals surface area contributed by atoms with Crippen molar-refractivity contribution >= 4 is 6.29 Å². The van der Waals surface area contributed by atoms with Crippen LogP contribution in [0.25, 0.3) is 0 Å². The molecule has 0 aromatic carbocycles. The first-order valence-corrected chi connectivity index (χ1v) is 7.64. The number of carbonyl (C=O) groups excluding carboxylic acids is 1. The van der Waals surface area contributed by atoms with Crippen molar-refractivity contribution < 1.29 is 18.0 Å². The molecule has 1 aromatic rings. The molecule has 0 spiro atoms. The first-order chi connectivity index (χ1) is 10.4. The van der Waals surface area contributed by atoms with Gasteiger partial charge in [0.15, 0.2) is 6.29 Å². The first kappa shape index (κ1) is 18.6. The number of hydrogen-bond donors (Lipinski definition) is 0. The smallest absolute Gasteiger partial charge is 0.299 e. The molecule has 0 unspecified atom stereocenters. The number of aldehydes is 1. The summed E-state index contributed by atoms with van der Waals surface area (Å²) >= 11 is 0. The second-order valence-corrected chi connectivity index (χ2v) is 5.37. The zero-order chi connectivity index (χ0) is 16.8. The zero-order valence-electron chi connectivity index (χ0n) is 13.3. The molecule has 1 fully saturated rings. The summed E-state index contributed by atoms with van der Waals surface area (Å²) in [7, 11) is 0. The Bertz CT molecular complexity index is 489. The molecular weight excluding hydrogens is 293 g/mol. The van der Waals surface area contributed by atoms with E-state index >= 15 is 0 Å². The number of nitrogens with zero attached hydrogens (tertiary/aromatic N) is 2. The van der Waals surface area contributed by atoms with Crippen molar-refractivity contribution in [3.8, 4) is 0 Å². The molecule has 1 aromatic heterocycles. The van der Waals surface area contributed by atoms with Crippen LogP contribution in [0.3, 0.4) is 0 Å². The van der Waals surface area contributed by atoms with E-state index in [9.17, 15) is 18.0 Å². The number of aromatic nitrogens is 1. The van der Waals surface area contributed by atoms with E-state index in [-0.39, 0.29) is 6.29 Å². The Morgan fingerprint density at radius 2 is 2.09 bits per heavy atom. The first-order valence-electron chi connectivity index (χ1n) is 7.64. The van der Waals surface area contributed by atoms with Gasteiger partial charge in [-0.1, -0.05) is 20.8 Å². The largest absolute Gasteiger partial charge is 0.418 e. The Morgan fingerprint density at radius 1 is 1.41 bits per heavy atom. The van der Waals surface area contributed by atoms with E-state index in [1.165, 1.54) is 6.20 Å². The normalized spacial score (nSPS) is 19.3. The van der Waals surface area contributed by atoms with Gasteiger partial charge in [-0.3, -0.25) is 14.7 Å². The van der Waals surface area contributed by atoms with Gasteiger partial charge in [-0.25, -0.2) is 0 Å². The molecule has 0 bridgehead atoms. The highest BCUT2D eigenvalue weighted by Crippen LogP contribution is 2.31. The summed E-state index contributed by atoms with van der Waals surface area (Å²) in [6, 6.07) is 1.04. The van der Waals surface area contributed by atoms with Gasteiger partial charge in [-0.2, -0.15) is 13.2 Å². The Balaban J connectivity index is 0.00000116. The van der Waals surface area contributed by atoms with Gasteiger partial charge in [0, 0.05) is 19.3 Å². The molecular formula is C16H23F3N2O. The van der Waals surface area contributed by atoms with E-state index in [1.807, 2.05) is 13.8 Å². The number of piperidine rings is 1. The van der Waals surface area contributed by atoms with Crippen LogP contribution in [0.4, 0.5) is 13.2 Å². The van der Waals surface area contributed by atoms with Crippen LogP contribution < -0.4 is 0 Å². The monoisotopic (exact) mass is 316 g/mol. The molecule has 0 radical (unpaired) electrons. The van der Waals surface area contributed by atoms with E-state index in [1.54, 1.807) is 0 Å². The average molecular weight is 316 g/mol. The van der Waals surface area contributed by atoms with Crippen molar-refractivity contribution in [3.63, 3.8) is 0 Å². The molecule has 1 aliphatic heterocycles. The molecule has 3 nitrogen and oxygen atoms in total. The van der Waals surface area contributed by atoms with Crippen LogP contribution in [-0.2, 0) is 12.7 Å². The lowest BCUT2D eigenvalue weighted by Crippen LogP contribution is -2.33. The molecule has 22 heavy (non-hydrogen) atoms. The zero-order valence-corrected chi connectivity index (χ0v) is 13.3. The van der Waals surface area contributed by atoms with Gasteiger partial charge >= 0.3 is 6.18 Å². The summed E-state index contributed by atoms with van der Waals surface area (Å²) in [6.07, 6.45) is -0.817. The molecule has 0 amide bonds. The van der Waals surface area contributed by atoms with Crippen molar-refractivity contribution in [3.05, 3.63) is 29.1 Å². The summed E-state index contributed by atoms with van der Waals surface area (Å²) in [5.41, 5.74) is -1.000. The SMILES string of the molecule is CC.C[C@H]1CCCN(Cc2cnc(C=O)c(C(F)(F)F)c2)C1. The summed E-state index contributed by atoms with van der Waals surface area (Å²) < 4.78 is 38.5. The number of carbonyl (C=O) groups is 1. The number of hydrogen-bond acceptors (Lipinski definition) is 3. The third kappa shape index (κ3) is 5.09. The van der Waals surface area contributed by atoms with E-state index < -0.39 is 17.4 Å². The predicted molar refractivity (Wildman–Crippen MR) is 79.6 cm³/mol. The number of alkyl halides is 3. The van der Waals surface area contributed by atoms with Gasteiger partial charge < -0.3 is 0 Å². The summed E-state index contributed by atoms with van der Waals surface area (Å²) in [5, 5.41) is 0. The number of likely N-dealkylation sites (tertiary alicyclic amines) is 1. The molecule has 0 saturated carbocycles. The van der Waals surface area contributed by atoms with Gasteiger partial charge in [0.25, 0.3) is 0 Å².